The minimum absolute atomic E-state index is 0. The van der Waals surface area contributed by atoms with Crippen LogP contribution < -0.4 is 4.90 Å². The fraction of sp³-hybridized carbons (Fsp3) is 0.650. The molecule has 0 spiro atoms. The van der Waals surface area contributed by atoms with Crippen molar-refractivity contribution in [2.75, 3.05) is 18.0 Å². The number of hydrogen-bond acceptors (Lipinski definition) is 2. The zero-order valence-electron chi connectivity index (χ0n) is 14.4. The summed E-state index contributed by atoms with van der Waals surface area (Å²) < 4.78 is 2.23. The molecular weight excluding hydrogens is 282 g/mol. The van der Waals surface area contributed by atoms with E-state index in [9.17, 15) is 0 Å². The predicted octanol–water partition coefficient (Wildman–Crippen LogP) is 5.77. The minimum atomic E-state index is 0. The van der Waals surface area contributed by atoms with Crippen molar-refractivity contribution in [1.29, 1.82) is 0 Å². The first-order chi connectivity index (χ1) is 9.88. The summed E-state index contributed by atoms with van der Waals surface area (Å²) in [6, 6.07) is 6.70. The molecule has 132 valence electrons. The van der Waals surface area contributed by atoms with Crippen molar-refractivity contribution in [1.82, 2.24) is 9.55 Å². The van der Waals surface area contributed by atoms with Gasteiger partial charge in [0.2, 0.25) is 0 Å². The molecule has 0 N–H and O–H groups in total. The van der Waals surface area contributed by atoms with E-state index in [-0.39, 0.29) is 20.3 Å². The van der Waals surface area contributed by atoms with E-state index in [1.54, 1.807) is 0 Å². The number of aromatic nitrogens is 2. The molecule has 2 aromatic rings. The molecule has 0 unspecified atom stereocenters. The standard InChI is InChI=1S/C18H29N3.2CH4/c1-7-11-21(12-8-2)14-9-10-16-15(13-14)19-17(20(16)6)18(3,4)5;;/h9-10,13H,7-8,11-12H2,1-6H3;2*1H4. The van der Waals surface area contributed by atoms with Crippen LogP contribution in [-0.4, -0.2) is 22.6 Å². The number of hydrogen-bond donors (Lipinski definition) is 0. The van der Waals surface area contributed by atoms with Gasteiger partial charge in [-0.05, 0) is 31.0 Å². The molecule has 1 aromatic carbocycles. The van der Waals surface area contributed by atoms with E-state index >= 15 is 0 Å². The van der Waals surface area contributed by atoms with Crippen LogP contribution in [0.15, 0.2) is 18.2 Å². The Bertz CT molecular complexity index is 599. The number of fused-ring (bicyclic) bond motifs is 1. The van der Waals surface area contributed by atoms with Crippen molar-refractivity contribution in [2.45, 2.75) is 67.7 Å². The Hall–Kier alpha value is -1.51. The summed E-state index contributed by atoms with van der Waals surface area (Å²) in [5.74, 6) is 1.15. The summed E-state index contributed by atoms with van der Waals surface area (Å²) in [6.45, 7) is 13.3. The van der Waals surface area contributed by atoms with Gasteiger partial charge in [-0.15, -0.1) is 0 Å². The highest BCUT2D eigenvalue weighted by Gasteiger charge is 2.21. The van der Waals surface area contributed by atoms with E-state index in [0.29, 0.717) is 0 Å². The Kier molecular flexibility index (Phi) is 7.82. The summed E-state index contributed by atoms with van der Waals surface area (Å²) >= 11 is 0. The van der Waals surface area contributed by atoms with Gasteiger partial charge in [-0.1, -0.05) is 49.5 Å². The number of aryl methyl sites for hydroxylation is 1. The maximum atomic E-state index is 4.88. The van der Waals surface area contributed by atoms with Gasteiger partial charge in [-0.2, -0.15) is 0 Å². The highest BCUT2D eigenvalue weighted by molar-refractivity contribution is 5.80. The fourth-order valence-corrected chi connectivity index (χ4v) is 2.97. The van der Waals surface area contributed by atoms with Crippen LogP contribution in [0, 0.1) is 0 Å². The van der Waals surface area contributed by atoms with Crippen LogP contribution >= 0.6 is 0 Å². The molecule has 1 heterocycles. The number of nitrogens with zero attached hydrogens (tertiary/aromatic N) is 3. The van der Waals surface area contributed by atoms with Crippen molar-refractivity contribution >= 4 is 16.7 Å². The monoisotopic (exact) mass is 319 g/mol. The highest BCUT2D eigenvalue weighted by Crippen LogP contribution is 2.28. The average Bonchev–Trinajstić information content (AvgIpc) is 2.75. The molecule has 0 radical (unpaired) electrons. The molecule has 2 rings (SSSR count). The van der Waals surface area contributed by atoms with Crippen LogP contribution in [0.5, 0.6) is 0 Å². The lowest BCUT2D eigenvalue weighted by Gasteiger charge is -2.23. The summed E-state index contributed by atoms with van der Waals surface area (Å²) in [6.07, 6.45) is 2.35. The smallest absolute Gasteiger partial charge is 0.115 e. The largest absolute Gasteiger partial charge is 0.371 e. The van der Waals surface area contributed by atoms with Gasteiger partial charge in [0.1, 0.15) is 5.82 Å². The Morgan fingerprint density at radius 3 is 2.09 bits per heavy atom. The van der Waals surface area contributed by atoms with Crippen LogP contribution in [0.1, 0.15) is 68.1 Å². The van der Waals surface area contributed by atoms with Crippen LogP contribution in [0.3, 0.4) is 0 Å². The maximum Gasteiger partial charge on any atom is 0.115 e. The van der Waals surface area contributed by atoms with Crippen molar-refractivity contribution in [3.8, 4) is 0 Å². The minimum Gasteiger partial charge on any atom is -0.371 e. The zero-order valence-corrected chi connectivity index (χ0v) is 14.4. The van der Waals surface area contributed by atoms with Gasteiger partial charge in [0.25, 0.3) is 0 Å². The molecule has 3 nitrogen and oxygen atoms in total. The Morgan fingerprint density at radius 1 is 1.04 bits per heavy atom. The summed E-state index contributed by atoms with van der Waals surface area (Å²) in [7, 11) is 2.12. The molecule has 23 heavy (non-hydrogen) atoms. The fourth-order valence-electron chi connectivity index (χ4n) is 2.97. The Balaban J connectivity index is 0.00000242. The van der Waals surface area contributed by atoms with Gasteiger partial charge in [-0.25, -0.2) is 4.98 Å². The van der Waals surface area contributed by atoms with E-state index < -0.39 is 0 Å². The number of benzene rings is 1. The topological polar surface area (TPSA) is 21.1 Å². The number of rotatable bonds is 5. The Labute approximate surface area is 143 Å². The molecule has 0 atom stereocenters. The molecule has 0 aliphatic carbocycles. The first-order valence-corrected chi connectivity index (χ1v) is 8.10. The number of anilines is 1. The molecule has 1 aromatic heterocycles. The molecule has 0 aliphatic heterocycles. The van der Waals surface area contributed by atoms with Gasteiger partial charge in [0, 0.05) is 31.2 Å². The summed E-state index contributed by atoms with van der Waals surface area (Å²) in [4.78, 5) is 7.35. The van der Waals surface area contributed by atoms with Crippen molar-refractivity contribution in [3.05, 3.63) is 24.0 Å². The third-order valence-corrected chi connectivity index (χ3v) is 3.89. The Morgan fingerprint density at radius 2 is 1.61 bits per heavy atom. The second-order valence-electron chi connectivity index (χ2n) is 6.90. The molecule has 0 aliphatic rings. The van der Waals surface area contributed by atoms with Crippen LogP contribution in [0.2, 0.25) is 0 Å². The molecule has 0 amide bonds. The van der Waals surface area contributed by atoms with E-state index in [4.69, 9.17) is 4.98 Å². The SMILES string of the molecule is C.C.CCCN(CCC)c1ccc2c(c1)nc(C(C)(C)C)n2C. The third-order valence-electron chi connectivity index (χ3n) is 3.89. The lowest BCUT2D eigenvalue weighted by molar-refractivity contribution is 0.526. The lowest BCUT2D eigenvalue weighted by Crippen LogP contribution is -2.24. The van der Waals surface area contributed by atoms with Crippen LogP contribution in [0.25, 0.3) is 11.0 Å². The first kappa shape index (κ1) is 21.5. The third kappa shape index (κ3) is 4.49. The maximum absolute atomic E-state index is 4.88. The molecule has 0 saturated heterocycles. The molecular formula is C20H37N3. The predicted molar refractivity (Wildman–Crippen MR) is 106 cm³/mol. The van der Waals surface area contributed by atoms with E-state index in [2.05, 4.69) is 69.3 Å². The zero-order chi connectivity index (χ0) is 15.6. The first-order valence-electron chi connectivity index (χ1n) is 8.10. The quantitative estimate of drug-likeness (QED) is 0.697. The second-order valence-corrected chi connectivity index (χ2v) is 6.90. The molecule has 0 bridgehead atoms. The van der Waals surface area contributed by atoms with Gasteiger partial charge in [-0.3, -0.25) is 0 Å². The summed E-state index contributed by atoms with van der Waals surface area (Å²) in [5, 5.41) is 0. The van der Waals surface area contributed by atoms with Gasteiger partial charge < -0.3 is 9.47 Å². The van der Waals surface area contributed by atoms with E-state index in [1.165, 1.54) is 24.0 Å². The van der Waals surface area contributed by atoms with E-state index in [1.807, 2.05) is 0 Å². The van der Waals surface area contributed by atoms with Crippen molar-refractivity contribution in [2.24, 2.45) is 7.05 Å². The normalized spacial score (nSPS) is 11.0. The summed E-state index contributed by atoms with van der Waals surface area (Å²) in [5.41, 5.74) is 3.69. The average molecular weight is 320 g/mol. The van der Waals surface area contributed by atoms with E-state index in [0.717, 1.165) is 24.4 Å². The van der Waals surface area contributed by atoms with Crippen LogP contribution in [-0.2, 0) is 12.5 Å². The molecule has 0 saturated carbocycles. The van der Waals surface area contributed by atoms with Gasteiger partial charge in [0.05, 0.1) is 11.0 Å². The molecule has 0 fully saturated rings. The van der Waals surface area contributed by atoms with Gasteiger partial charge >= 0.3 is 0 Å². The number of imidazole rings is 1. The lowest BCUT2D eigenvalue weighted by atomic mass is 9.96. The van der Waals surface area contributed by atoms with Crippen LogP contribution in [0.4, 0.5) is 5.69 Å². The van der Waals surface area contributed by atoms with Crippen molar-refractivity contribution in [3.63, 3.8) is 0 Å². The highest BCUT2D eigenvalue weighted by atomic mass is 15.1. The van der Waals surface area contributed by atoms with Crippen molar-refractivity contribution < 1.29 is 0 Å². The second kappa shape index (κ2) is 8.37. The molecule has 3 heteroatoms. The van der Waals surface area contributed by atoms with Gasteiger partial charge in [0.15, 0.2) is 0 Å².